The molecule has 0 aliphatic heterocycles. The quantitative estimate of drug-likeness (QED) is 0.897. The lowest BCUT2D eigenvalue weighted by molar-refractivity contribution is 0.625. The van der Waals surface area contributed by atoms with Gasteiger partial charge in [-0.1, -0.05) is 19.1 Å². The minimum Gasteiger partial charge on any atom is -0.368 e. The molecule has 2 N–H and O–H groups in total. The molecule has 0 bridgehead atoms. The van der Waals surface area contributed by atoms with Crippen molar-refractivity contribution in [3.05, 3.63) is 47.3 Å². The highest BCUT2D eigenvalue weighted by Crippen LogP contribution is 2.09. The number of rotatable bonds is 4. The Bertz CT molecular complexity index is 542. The van der Waals surface area contributed by atoms with E-state index in [-0.39, 0.29) is 11.8 Å². The molecular weight excluding hydrogens is 231 g/mol. The molecule has 1 heterocycles. The fourth-order valence-corrected chi connectivity index (χ4v) is 1.73. The molecule has 0 fully saturated rings. The van der Waals surface area contributed by atoms with Crippen LogP contribution in [-0.4, -0.2) is 15.0 Å². The summed E-state index contributed by atoms with van der Waals surface area (Å²) in [5.41, 5.74) is 6.46. The van der Waals surface area contributed by atoms with Gasteiger partial charge >= 0.3 is 0 Å². The van der Waals surface area contributed by atoms with E-state index in [9.17, 15) is 4.39 Å². The van der Waals surface area contributed by atoms with Crippen LogP contribution >= 0.6 is 0 Å². The summed E-state index contributed by atoms with van der Waals surface area (Å²) < 4.78 is 13.1. The van der Waals surface area contributed by atoms with Gasteiger partial charge in [0.05, 0.1) is 0 Å². The summed E-state index contributed by atoms with van der Waals surface area (Å²) in [7, 11) is 0. The molecule has 1 aromatic carbocycles. The first-order chi connectivity index (χ1) is 8.67. The first-order valence-corrected chi connectivity index (χ1v) is 5.91. The van der Waals surface area contributed by atoms with Gasteiger partial charge in [0.15, 0.2) is 0 Å². The molecule has 18 heavy (non-hydrogen) atoms. The van der Waals surface area contributed by atoms with Crippen LogP contribution in [0.15, 0.2) is 24.3 Å². The lowest BCUT2D eigenvalue weighted by Gasteiger charge is -2.04. The van der Waals surface area contributed by atoms with Crippen molar-refractivity contribution in [1.29, 1.82) is 0 Å². The molecule has 0 atom stereocenters. The fraction of sp³-hybridized carbons (Fsp3) is 0.308. The molecular formula is C13H15FN4. The summed E-state index contributed by atoms with van der Waals surface area (Å²) in [6.45, 7) is 2.05. The van der Waals surface area contributed by atoms with Crippen molar-refractivity contribution in [2.75, 3.05) is 5.73 Å². The molecule has 94 valence electrons. The molecule has 1 aromatic heterocycles. The smallest absolute Gasteiger partial charge is 0.223 e. The average Bonchev–Trinajstić information content (AvgIpc) is 2.28. The molecule has 5 heteroatoms. The third-order valence-electron chi connectivity index (χ3n) is 2.47. The van der Waals surface area contributed by atoms with Crippen LogP contribution in [0.25, 0.3) is 0 Å². The van der Waals surface area contributed by atoms with Gasteiger partial charge in [0.1, 0.15) is 17.5 Å². The van der Waals surface area contributed by atoms with Crippen LogP contribution in [0.4, 0.5) is 10.3 Å². The fourth-order valence-electron chi connectivity index (χ4n) is 1.73. The molecule has 4 nitrogen and oxygen atoms in total. The summed E-state index contributed by atoms with van der Waals surface area (Å²) in [4.78, 5) is 12.5. The highest BCUT2D eigenvalue weighted by atomic mass is 19.1. The maximum Gasteiger partial charge on any atom is 0.223 e. The van der Waals surface area contributed by atoms with Gasteiger partial charge in [-0.25, -0.2) is 9.37 Å². The third-order valence-corrected chi connectivity index (χ3v) is 2.47. The van der Waals surface area contributed by atoms with Crippen LogP contribution in [0.1, 0.15) is 30.6 Å². The number of anilines is 1. The molecule has 0 saturated heterocycles. The van der Waals surface area contributed by atoms with Crippen molar-refractivity contribution in [1.82, 2.24) is 15.0 Å². The van der Waals surface area contributed by atoms with Crippen molar-refractivity contribution >= 4 is 5.95 Å². The maximum absolute atomic E-state index is 13.1. The number of halogens is 1. The Kier molecular flexibility index (Phi) is 3.82. The largest absolute Gasteiger partial charge is 0.368 e. The second-order valence-corrected chi connectivity index (χ2v) is 4.08. The zero-order chi connectivity index (χ0) is 13.0. The van der Waals surface area contributed by atoms with Crippen LogP contribution in [0.2, 0.25) is 0 Å². The zero-order valence-corrected chi connectivity index (χ0v) is 10.2. The lowest BCUT2D eigenvalue weighted by atomic mass is 10.1. The van der Waals surface area contributed by atoms with Gasteiger partial charge < -0.3 is 5.73 Å². The lowest BCUT2D eigenvalue weighted by Crippen LogP contribution is -2.07. The molecule has 0 spiro atoms. The Morgan fingerprint density at radius 1 is 1.17 bits per heavy atom. The Labute approximate surface area is 105 Å². The van der Waals surface area contributed by atoms with Crippen LogP contribution in [0.5, 0.6) is 0 Å². The van der Waals surface area contributed by atoms with Crippen LogP contribution in [-0.2, 0) is 12.8 Å². The van der Waals surface area contributed by atoms with E-state index in [1.807, 2.05) is 13.0 Å². The highest BCUT2D eigenvalue weighted by Gasteiger charge is 2.05. The van der Waals surface area contributed by atoms with E-state index in [1.54, 1.807) is 6.07 Å². The van der Waals surface area contributed by atoms with Crippen molar-refractivity contribution < 1.29 is 4.39 Å². The molecule has 0 saturated carbocycles. The molecule has 2 aromatic rings. The molecule has 0 aliphatic carbocycles. The van der Waals surface area contributed by atoms with Crippen LogP contribution in [0, 0.1) is 5.82 Å². The Morgan fingerprint density at radius 3 is 2.67 bits per heavy atom. The molecule has 0 aliphatic rings. The first kappa shape index (κ1) is 12.4. The average molecular weight is 246 g/mol. The number of aromatic nitrogens is 3. The van der Waals surface area contributed by atoms with E-state index in [4.69, 9.17) is 5.73 Å². The second kappa shape index (κ2) is 5.53. The number of nitrogens with zero attached hydrogens (tertiary/aromatic N) is 3. The number of benzene rings is 1. The van der Waals surface area contributed by atoms with Crippen molar-refractivity contribution in [3.8, 4) is 0 Å². The van der Waals surface area contributed by atoms with Gasteiger partial charge in [-0.15, -0.1) is 0 Å². The highest BCUT2D eigenvalue weighted by molar-refractivity contribution is 5.23. The number of aryl methyl sites for hydroxylation is 1. The third kappa shape index (κ3) is 3.23. The van der Waals surface area contributed by atoms with Gasteiger partial charge in [0.2, 0.25) is 5.95 Å². The topological polar surface area (TPSA) is 64.7 Å². The van der Waals surface area contributed by atoms with Crippen molar-refractivity contribution in [2.24, 2.45) is 0 Å². The number of nitrogens with two attached hydrogens (primary N) is 1. The number of hydrogen-bond acceptors (Lipinski definition) is 4. The summed E-state index contributed by atoms with van der Waals surface area (Å²) in [6, 6.07) is 6.39. The SMILES string of the molecule is CCCc1nc(N)nc(Cc2cccc(F)c2)n1. The van der Waals surface area contributed by atoms with Crippen molar-refractivity contribution in [2.45, 2.75) is 26.2 Å². The van der Waals surface area contributed by atoms with Gasteiger partial charge in [-0.05, 0) is 24.1 Å². The summed E-state index contributed by atoms with van der Waals surface area (Å²) in [5.74, 6) is 1.23. The molecule has 2 rings (SSSR count). The number of hydrogen-bond donors (Lipinski definition) is 1. The monoisotopic (exact) mass is 246 g/mol. The van der Waals surface area contributed by atoms with Gasteiger partial charge in [0, 0.05) is 12.8 Å². The summed E-state index contributed by atoms with van der Waals surface area (Å²) in [5, 5.41) is 0. The minimum atomic E-state index is -0.261. The standard InChI is InChI=1S/C13H15FN4/c1-2-4-11-16-12(18-13(15)17-11)8-9-5-3-6-10(14)7-9/h3,5-7H,2,4,8H2,1H3,(H2,15,16,17,18). The van der Waals surface area contributed by atoms with Crippen LogP contribution in [0.3, 0.4) is 0 Å². The second-order valence-electron chi connectivity index (χ2n) is 4.08. The molecule has 0 radical (unpaired) electrons. The van der Waals surface area contributed by atoms with Gasteiger partial charge in [0.25, 0.3) is 0 Å². The van der Waals surface area contributed by atoms with E-state index in [1.165, 1.54) is 12.1 Å². The Hall–Kier alpha value is -2.04. The predicted octanol–water partition coefficient (Wildman–Crippen LogP) is 2.14. The van der Waals surface area contributed by atoms with E-state index in [0.717, 1.165) is 18.4 Å². The molecule has 0 amide bonds. The summed E-state index contributed by atoms with van der Waals surface area (Å²) in [6.07, 6.45) is 2.17. The van der Waals surface area contributed by atoms with Crippen molar-refractivity contribution in [3.63, 3.8) is 0 Å². The predicted molar refractivity (Wildman–Crippen MR) is 67.4 cm³/mol. The van der Waals surface area contributed by atoms with Gasteiger partial charge in [-0.3, -0.25) is 0 Å². The summed E-state index contributed by atoms with van der Waals surface area (Å²) >= 11 is 0. The Balaban J connectivity index is 2.23. The van der Waals surface area contributed by atoms with E-state index < -0.39 is 0 Å². The van der Waals surface area contributed by atoms with Gasteiger partial charge in [-0.2, -0.15) is 9.97 Å². The first-order valence-electron chi connectivity index (χ1n) is 5.91. The Morgan fingerprint density at radius 2 is 1.94 bits per heavy atom. The minimum absolute atomic E-state index is 0.222. The van der Waals surface area contributed by atoms with E-state index >= 15 is 0 Å². The zero-order valence-electron chi connectivity index (χ0n) is 10.2. The maximum atomic E-state index is 13.1. The van der Waals surface area contributed by atoms with E-state index in [2.05, 4.69) is 15.0 Å². The van der Waals surface area contributed by atoms with Crippen LogP contribution < -0.4 is 5.73 Å². The normalized spacial score (nSPS) is 10.6. The molecule has 0 unspecified atom stereocenters. The number of nitrogen functional groups attached to an aromatic ring is 1. The van der Waals surface area contributed by atoms with E-state index in [0.29, 0.717) is 18.1 Å².